The van der Waals surface area contributed by atoms with Crippen LogP contribution in [-0.2, 0) is 5.75 Å². The lowest BCUT2D eigenvalue weighted by molar-refractivity contribution is 0.820. The van der Waals surface area contributed by atoms with Gasteiger partial charge in [0, 0.05) is 10.8 Å². The lowest BCUT2D eigenvalue weighted by Gasteiger charge is -2.15. The van der Waals surface area contributed by atoms with Gasteiger partial charge in [-0.25, -0.2) is 4.98 Å². The van der Waals surface area contributed by atoms with Crippen LogP contribution in [0.4, 0.5) is 0 Å². The van der Waals surface area contributed by atoms with Gasteiger partial charge in [-0.15, -0.1) is 0 Å². The van der Waals surface area contributed by atoms with Crippen molar-refractivity contribution in [2.45, 2.75) is 17.8 Å². The van der Waals surface area contributed by atoms with E-state index in [1.54, 1.807) is 28.8 Å². The number of aromatic nitrogens is 2. The average molecular weight is 427 g/mol. The molecule has 0 saturated carbocycles. The molecule has 0 bridgehead atoms. The second kappa shape index (κ2) is 8.00. The Kier molecular flexibility index (Phi) is 5.44. The van der Waals surface area contributed by atoms with Gasteiger partial charge in [0.25, 0.3) is 5.56 Å². The van der Waals surface area contributed by atoms with Crippen molar-refractivity contribution >= 4 is 45.9 Å². The molecule has 1 heterocycles. The van der Waals surface area contributed by atoms with E-state index in [4.69, 9.17) is 28.2 Å². The van der Waals surface area contributed by atoms with Crippen molar-refractivity contribution in [2.75, 3.05) is 0 Å². The Morgan fingerprint density at radius 3 is 2.54 bits per heavy atom. The highest BCUT2D eigenvalue weighted by Gasteiger charge is 2.16. The molecule has 4 aromatic rings. The number of thioether (sulfide) groups is 1. The van der Waals surface area contributed by atoms with E-state index in [9.17, 15) is 4.79 Å². The normalized spacial score (nSPS) is 11.1. The molecule has 6 heteroatoms. The fourth-order valence-corrected chi connectivity index (χ4v) is 4.57. The second-order valence-electron chi connectivity index (χ2n) is 6.36. The van der Waals surface area contributed by atoms with Crippen LogP contribution in [0.3, 0.4) is 0 Å². The van der Waals surface area contributed by atoms with Crippen LogP contribution in [0.2, 0.25) is 10.0 Å². The summed E-state index contributed by atoms with van der Waals surface area (Å²) in [7, 11) is 0. The molecule has 0 amide bonds. The number of hydrogen-bond donors (Lipinski definition) is 0. The van der Waals surface area contributed by atoms with Gasteiger partial charge < -0.3 is 0 Å². The summed E-state index contributed by atoms with van der Waals surface area (Å²) in [6.07, 6.45) is 0. The summed E-state index contributed by atoms with van der Waals surface area (Å²) in [6, 6.07) is 20.6. The van der Waals surface area contributed by atoms with Crippen molar-refractivity contribution in [2.24, 2.45) is 0 Å². The van der Waals surface area contributed by atoms with E-state index < -0.39 is 0 Å². The summed E-state index contributed by atoms with van der Waals surface area (Å²) < 4.78 is 1.57. The van der Waals surface area contributed by atoms with Crippen LogP contribution < -0.4 is 5.56 Å². The van der Waals surface area contributed by atoms with Crippen molar-refractivity contribution in [3.05, 3.63) is 98.3 Å². The average Bonchev–Trinajstić information content (AvgIpc) is 2.68. The largest absolute Gasteiger partial charge is 0.268 e. The van der Waals surface area contributed by atoms with Gasteiger partial charge in [0.1, 0.15) is 0 Å². The molecule has 140 valence electrons. The number of para-hydroxylation sites is 1. The van der Waals surface area contributed by atoms with E-state index >= 15 is 0 Å². The highest BCUT2D eigenvalue weighted by Crippen LogP contribution is 2.29. The van der Waals surface area contributed by atoms with Gasteiger partial charge in [-0.05, 0) is 48.4 Å². The van der Waals surface area contributed by atoms with Crippen LogP contribution in [0.25, 0.3) is 16.6 Å². The molecule has 0 N–H and O–H groups in total. The molecule has 0 radical (unpaired) electrons. The summed E-state index contributed by atoms with van der Waals surface area (Å²) in [5.41, 5.74) is 3.49. The number of nitrogens with zero attached hydrogens (tertiary/aromatic N) is 2. The van der Waals surface area contributed by atoms with Crippen LogP contribution >= 0.6 is 35.0 Å². The minimum Gasteiger partial charge on any atom is -0.268 e. The highest BCUT2D eigenvalue weighted by molar-refractivity contribution is 7.98. The zero-order chi connectivity index (χ0) is 19.7. The van der Waals surface area contributed by atoms with Crippen LogP contribution in [0.5, 0.6) is 0 Å². The van der Waals surface area contributed by atoms with Gasteiger partial charge in [0.05, 0.1) is 21.6 Å². The Labute approximate surface area is 176 Å². The van der Waals surface area contributed by atoms with E-state index in [0.717, 1.165) is 0 Å². The predicted octanol–water partition coefficient (Wildman–Crippen LogP) is 6.29. The highest BCUT2D eigenvalue weighted by atomic mass is 35.5. The smallest absolute Gasteiger partial charge is 0.266 e. The monoisotopic (exact) mass is 426 g/mol. The molecule has 3 nitrogen and oxygen atoms in total. The number of fused-ring (bicyclic) bond motifs is 1. The third-order valence-electron chi connectivity index (χ3n) is 4.51. The lowest BCUT2D eigenvalue weighted by Crippen LogP contribution is -2.22. The number of rotatable bonds is 4. The Morgan fingerprint density at radius 1 is 1.00 bits per heavy atom. The van der Waals surface area contributed by atoms with Gasteiger partial charge in [-0.3, -0.25) is 9.36 Å². The minimum atomic E-state index is -0.151. The SMILES string of the molecule is Cc1ccccc1CSc1nc2ccccc2c(=O)n1-c1ccc(Cl)cc1Cl. The quantitative estimate of drug-likeness (QED) is 0.284. The van der Waals surface area contributed by atoms with Crippen molar-refractivity contribution in [3.63, 3.8) is 0 Å². The number of halogens is 2. The maximum absolute atomic E-state index is 13.3. The summed E-state index contributed by atoms with van der Waals surface area (Å²) >= 11 is 14.0. The fourth-order valence-electron chi connectivity index (χ4n) is 3.00. The van der Waals surface area contributed by atoms with Gasteiger partial charge >= 0.3 is 0 Å². The maximum Gasteiger partial charge on any atom is 0.266 e. The van der Waals surface area contributed by atoms with Gasteiger partial charge in [-0.1, -0.05) is 71.4 Å². The molecule has 0 spiro atoms. The van der Waals surface area contributed by atoms with Gasteiger partial charge in [-0.2, -0.15) is 0 Å². The van der Waals surface area contributed by atoms with E-state index in [0.29, 0.717) is 37.5 Å². The summed E-state index contributed by atoms with van der Waals surface area (Å²) in [6.45, 7) is 2.08. The van der Waals surface area contributed by atoms with Crippen LogP contribution in [0.1, 0.15) is 11.1 Å². The maximum atomic E-state index is 13.3. The third kappa shape index (κ3) is 3.68. The first-order valence-electron chi connectivity index (χ1n) is 8.69. The fraction of sp³-hybridized carbons (Fsp3) is 0.0909. The molecule has 0 fully saturated rings. The first kappa shape index (κ1) is 19.1. The topological polar surface area (TPSA) is 34.9 Å². The molecule has 0 aliphatic heterocycles. The van der Waals surface area contributed by atoms with Gasteiger partial charge in [0.2, 0.25) is 0 Å². The van der Waals surface area contributed by atoms with Crippen molar-refractivity contribution in [1.29, 1.82) is 0 Å². The van der Waals surface area contributed by atoms with E-state index in [2.05, 4.69) is 19.1 Å². The zero-order valence-corrected chi connectivity index (χ0v) is 17.4. The first-order valence-corrected chi connectivity index (χ1v) is 10.4. The molecule has 28 heavy (non-hydrogen) atoms. The molecule has 0 aliphatic carbocycles. The summed E-state index contributed by atoms with van der Waals surface area (Å²) in [5, 5.41) is 2.07. The molecule has 0 saturated heterocycles. The Morgan fingerprint density at radius 2 is 1.75 bits per heavy atom. The van der Waals surface area contributed by atoms with Crippen LogP contribution in [-0.4, -0.2) is 9.55 Å². The van der Waals surface area contributed by atoms with Crippen molar-refractivity contribution in [3.8, 4) is 5.69 Å². The van der Waals surface area contributed by atoms with Gasteiger partial charge in [0.15, 0.2) is 5.16 Å². The molecule has 3 aromatic carbocycles. The second-order valence-corrected chi connectivity index (χ2v) is 8.15. The Bertz CT molecular complexity index is 1240. The van der Waals surface area contributed by atoms with Crippen LogP contribution in [0.15, 0.2) is 76.7 Å². The van der Waals surface area contributed by atoms with E-state index in [1.807, 2.05) is 30.3 Å². The minimum absolute atomic E-state index is 0.151. The summed E-state index contributed by atoms with van der Waals surface area (Å²) in [4.78, 5) is 18.0. The molecular formula is C22H16Cl2N2OS. The Balaban J connectivity index is 1.88. The first-order chi connectivity index (χ1) is 13.5. The number of hydrogen-bond acceptors (Lipinski definition) is 3. The van der Waals surface area contributed by atoms with E-state index in [1.165, 1.54) is 22.9 Å². The molecule has 0 aliphatic rings. The summed E-state index contributed by atoms with van der Waals surface area (Å²) in [5.74, 6) is 0.697. The molecule has 4 rings (SSSR count). The number of aryl methyl sites for hydroxylation is 1. The molecule has 0 atom stereocenters. The molecule has 1 aromatic heterocycles. The zero-order valence-electron chi connectivity index (χ0n) is 15.0. The predicted molar refractivity (Wildman–Crippen MR) is 118 cm³/mol. The molecule has 0 unspecified atom stereocenters. The van der Waals surface area contributed by atoms with Crippen molar-refractivity contribution < 1.29 is 0 Å². The van der Waals surface area contributed by atoms with Crippen molar-refractivity contribution in [1.82, 2.24) is 9.55 Å². The Hall–Kier alpha value is -2.27. The standard InChI is InChI=1S/C22H16Cl2N2OS/c1-14-6-2-3-7-15(14)13-28-22-25-19-9-5-4-8-17(19)21(27)26(22)20-11-10-16(23)12-18(20)24/h2-12H,13H2,1H3. The third-order valence-corrected chi connectivity index (χ3v) is 6.04. The van der Waals surface area contributed by atoms with Crippen LogP contribution in [0, 0.1) is 6.92 Å². The lowest BCUT2D eigenvalue weighted by atomic mass is 10.1. The molecular weight excluding hydrogens is 411 g/mol. The van der Waals surface area contributed by atoms with E-state index in [-0.39, 0.29) is 5.56 Å². The number of benzene rings is 3.